The molecular formula is C25H24FN7O2. The fourth-order valence-electron chi connectivity index (χ4n) is 8.27. The molecule has 2 aromatic heterocycles. The maximum atomic E-state index is 14.4. The first-order chi connectivity index (χ1) is 16.7. The molecule has 3 aromatic rings. The fourth-order valence-corrected chi connectivity index (χ4v) is 8.27. The number of hydrogen-bond donors (Lipinski definition) is 2. The van der Waals surface area contributed by atoms with E-state index in [0.717, 1.165) is 25.7 Å². The smallest absolute Gasteiger partial charge is 0.330 e. The number of nitrogens with zero attached hydrogens (tertiary/aromatic N) is 5. The number of nitrogens with two attached hydrogens (primary N) is 1. The number of fused-ring (bicyclic) bond motifs is 2. The summed E-state index contributed by atoms with van der Waals surface area (Å²) in [6, 6.07) is 5.12. The number of primary amides is 1. The molecule has 4 saturated carbocycles. The second-order valence-electron chi connectivity index (χ2n) is 10.9. The van der Waals surface area contributed by atoms with Crippen LogP contribution in [0.3, 0.4) is 0 Å². The number of nitrogens with one attached hydrogen (secondary N) is 1. The predicted octanol–water partition coefficient (Wildman–Crippen LogP) is 2.70. The van der Waals surface area contributed by atoms with E-state index in [0.29, 0.717) is 40.2 Å². The van der Waals surface area contributed by atoms with Gasteiger partial charge in [0.1, 0.15) is 11.3 Å². The summed E-state index contributed by atoms with van der Waals surface area (Å²) in [5.74, 6) is 0.186. The summed E-state index contributed by atoms with van der Waals surface area (Å²) < 4.78 is 17.8. The molecule has 3 N–H and O–H groups in total. The third kappa shape index (κ3) is 2.27. The average Bonchev–Trinajstić information content (AvgIpc) is 3.38. The highest BCUT2D eigenvalue weighted by atomic mass is 19.1. The van der Waals surface area contributed by atoms with Crippen molar-refractivity contribution < 1.29 is 9.18 Å². The number of nitriles is 1. The van der Waals surface area contributed by atoms with Gasteiger partial charge in [0.05, 0.1) is 29.3 Å². The van der Waals surface area contributed by atoms with Crippen molar-refractivity contribution in [2.24, 2.45) is 41.9 Å². The Morgan fingerprint density at radius 3 is 2.89 bits per heavy atom. The van der Waals surface area contributed by atoms with Crippen LogP contribution >= 0.6 is 0 Å². The standard InChI is InChI=1S/C25H24FN7O2/c1-11-3-13(20(28)34)17(26)5-18(11)30-22-29-9-19-21(31-22)33(23(35)32(19)2)24-6-12-4-15-14(8-27)16(7-24)25(12,15)10-24/h3,5,9,12,14-16H,4,6-7,10H2,1-2H3,(H2,28,34)(H,29,30,31). The summed E-state index contributed by atoms with van der Waals surface area (Å²) in [6.45, 7) is 1.73. The number of amides is 1. The Morgan fingerprint density at radius 1 is 1.34 bits per heavy atom. The minimum Gasteiger partial charge on any atom is -0.366 e. The van der Waals surface area contributed by atoms with Crippen LogP contribution in [0.1, 0.15) is 41.6 Å². The minimum atomic E-state index is -0.834. The summed E-state index contributed by atoms with van der Waals surface area (Å²) >= 11 is 0. The van der Waals surface area contributed by atoms with E-state index in [2.05, 4.69) is 16.4 Å². The summed E-state index contributed by atoms with van der Waals surface area (Å²) in [6.07, 6.45) is 5.41. The molecule has 2 bridgehead atoms. The van der Waals surface area contributed by atoms with E-state index in [-0.39, 0.29) is 34.1 Å². The zero-order valence-electron chi connectivity index (χ0n) is 19.4. The summed E-state index contributed by atoms with van der Waals surface area (Å²) in [7, 11) is 1.72. The largest absolute Gasteiger partial charge is 0.366 e. The van der Waals surface area contributed by atoms with E-state index in [4.69, 9.17) is 10.7 Å². The van der Waals surface area contributed by atoms with Gasteiger partial charge in [0.15, 0.2) is 5.65 Å². The highest BCUT2D eigenvalue weighted by Crippen LogP contribution is 2.85. The molecule has 1 amide bonds. The highest BCUT2D eigenvalue weighted by Gasteiger charge is 2.82. The van der Waals surface area contributed by atoms with Gasteiger partial charge in [0.2, 0.25) is 5.95 Å². The first-order valence-electron chi connectivity index (χ1n) is 11.9. The van der Waals surface area contributed by atoms with Crippen molar-refractivity contribution in [1.82, 2.24) is 19.1 Å². The van der Waals surface area contributed by atoms with Crippen LogP contribution in [0.5, 0.6) is 0 Å². The number of halogens is 1. The lowest BCUT2D eigenvalue weighted by Gasteiger charge is -2.68. The van der Waals surface area contributed by atoms with Crippen molar-refractivity contribution >= 4 is 28.7 Å². The number of rotatable bonds is 4. The van der Waals surface area contributed by atoms with Gasteiger partial charge < -0.3 is 11.1 Å². The van der Waals surface area contributed by atoms with Crippen LogP contribution in [-0.2, 0) is 12.6 Å². The molecule has 6 atom stereocenters. The topological polar surface area (TPSA) is 132 Å². The molecule has 0 aliphatic heterocycles. The molecule has 7 rings (SSSR count). The molecule has 6 unspecified atom stereocenters. The number of anilines is 2. The van der Waals surface area contributed by atoms with Crippen molar-refractivity contribution in [3.8, 4) is 6.07 Å². The Morgan fingerprint density at radius 2 is 2.14 bits per heavy atom. The van der Waals surface area contributed by atoms with Crippen molar-refractivity contribution in [2.75, 3.05) is 5.32 Å². The third-order valence-electron chi connectivity index (χ3n) is 9.66. The van der Waals surface area contributed by atoms with Crippen LogP contribution in [0.2, 0.25) is 0 Å². The Kier molecular flexibility index (Phi) is 3.70. The lowest BCUT2D eigenvalue weighted by atomic mass is 9.34. The molecule has 178 valence electrons. The third-order valence-corrected chi connectivity index (χ3v) is 9.66. The fraction of sp³-hybridized carbons (Fsp3) is 0.480. The van der Waals surface area contributed by atoms with E-state index in [1.54, 1.807) is 24.7 Å². The summed E-state index contributed by atoms with van der Waals surface area (Å²) in [5, 5.41) is 12.7. The van der Waals surface area contributed by atoms with Crippen LogP contribution in [0.15, 0.2) is 23.1 Å². The molecular weight excluding hydrogens is 449 g/mol. The first-order valence-corrected chi connectivity index (χ1v) is 11.9. The molecule has 1 spiro atoms. The van der Waals surface area contributed by atoms with Crippen molar-refractivity contribution in [2.45, 2.75) is 38.1 Å². The molecule has 4 aliphatic rings. The van der Waals surface area contributed by atoms with Crippen LogP contribution in [0, 0.1) is 53.2 Å². The van der Waals surface area contributed by atoms with Gasteiger partial charge in [0, 0.05) is 12.7 Å². The molecule has 10 heteroatoms. The molecule has 0 saturated heterocycles. The lowest BCUT2D eigenvalue weighted by Crippen LogP contribution is -2.65. The number of carbonyl (C=O) groups excluding carboxylic acids is 1. The zero-order chi connectivity index (χ0) is 24.4. The monoisotopic (exact) mass is 473 g/mol. The number of aryl methyl sites for hydroxylation is 2. The van der Waals surface area contributed by atoms with Gasteiger partial charge in [-0.25, -0.2) is 14.2 Å². The number of carbonyl (C=O) groups is 1. The van der Waals surface area contributed by atoms with Crippen LogP contribution < -0.4 is 16.7 Å². The van der Waals surface area contributed by atoms with Crippen molar-refractivity contribution in [1.29, 1.82) is 5.26 Å². The van der Waals surface area contributed by atoms with Gasteiger partial charge in [0.25, 0.3) is 5.91 Å². The van der Waals surface area contributed by atoms with Gasteiger partial charge in [-0.2, -0.15) is 10.2 Å². The Hall–Kier alpha value is -3.74. The molecule has 4 aliphatic carbocycles. The van der Waals surface area contributed by atoms with E-state index in [1.165, 1.54) is 12.1 Å². The molecule has 9 nitrogen and oxygen atoms in total. The Bertz CT molecular complexity index is 1590. The minimum absolute atomic E-state index is 0.104. The van der Waals surface area contributed by atoms with Gasteiger partial charge in [-0.3, -0.25) is 13.9 Å². The second-order valence-corrected chi connectivity index (χ2v) is 10.9. The van der Waals surface area contributed by atoms with Gasteiger partial charge in [-0.05, 0) is 73.5 Å². The molecule has 1 aromatic carbocycles. The van der Waals surface area contributed by atoms with Crippen LogP contribution in [-0.4, -0.2) is 25.0 Å². The quantitative estimate of drug-likeness (QED) is 0.599. The SMILES string of the molecule is Cc1cc(C(N)=O)c(F)cc1Nc1ncc2c(n1)n(C13CC4CC5C(C#N)C(C1)C45C3)c(=O)n2C. The van der Waals surface area contributed by atoms with E-state index in [9.17, 15) is 19.2 Å². The normalized spacial score (nSPS) is 33.7. The second kappa shape index (κ2) is 6.27. The Balaban J connectivity index is 1.32. The number of imidazole rings is 1. The zero-order valence-corrected chi connectivity index (χ0v) is 19.4. The van der Waals surface area contributed by atoms with Gasteiger partial charge in [-0.1, -0.05) is 0 Å². The number of benzene rings is 1. The van der Waals surface area contributed by atoms with Crippen LogP contribution in [0.4, 0.5) is 16.0 Å². The number of aromatic nitrogens is 4. The van der Waals surface area contributed by atoms with Crippen molar-refractivity contribution in [3.05, 3.63) is 45.8 Å². The summed E-state index contributed by atoms with van der Waals surface area (Å²) in [5.41, 5.74) is 7.04. The Labute approximate surface area is 199 Å². The van der Waals surface area contributed by atoms with E-state index < -0.39 is 11.7 Å². The van der Waals surface area contributed by atoms with Gasteiger partial charge in [-0.15, -0.1) is 0 Å². The maximum absolute atomic E-state index is 14.4. The summed E-state index contributed by atoms with van der Waals surface area (Å²) in [4.78, 5) is 34.1. The van der Waals surface area contributed by atoms with E-state index in [1.807, 2.05) is 4.57 Å². The molecule has 35 heavy (non-hydrogen) atoms. The molecule has 2 heterocycles. The molecule has 0 radical (unpaired) electrons. The van der Waals surface area contributed by atoms with E-state index >= 15 is 0 Å². The van der Waals surface area contributed by atoms with Crippen LogP contribution in [0.25, 0.3) is 11.2 Å². The number of hydrogen-bond acceptors (Lipinski definition) is 6. The lowest BCUT2D eigenvalue weighted by molar-refractivity contribution is -0.209. The maximum Gasteiger partial charge on any atom is 0.330 e. The van der Waals surface area contributed by atoms with Gasteiger partial charge >= 0.3 is 5.69 Å². The highest BCUT2D eigenvalue weighted by molar-refractivity contribution is 5.94. The predicted molar refractivity (Wildman–Crippen MR) is 124 cm³/mol. The van der Waals surface area contributed by atoms with Crippen molar-refractivity contribution in [3.63, 3.8) is 0 Å². The molecule has 4 fully saturated rings. The average molecular weight is 474 g/mol. The first kappa shape index (κ1) is 20.6.